The van der Waals surface area contributed by atoms with E-state index < -0.39 is 11.7 Å². The van der Waals surface area contributed by atoms with Crippen LogP contribution in [0.25, 0.3) is 10.2 Å². The van der Waals surface area contributed by atoms with E-state index in [0.29, 0.717) is 21.9 Å². The summed E-state index contributed by atoms with van der Waals surface area (Å²) >= 11 is 1.31. The topological polar surface area (TPSA) is 55.6 Å². The van der Waals surface area contributed by atoms with Gasteiger partial charge in [0, 0.05) is 6.04 Å². The molecular weight excluding hydrogens is 327 g/mol. The van der Waals surface area contributed by atoms with Gasteiger partial charge in [0.05, 0.1) is 22.3 Å². The molecule has 2 aromatic heterocycles. The third kappa shape index (κ3) is 3.29. The van der Waals surface area contributed by atoms with Gasteiger partial charge in [0.2, 0.25) is 0 Å². The van der Waals surface area contributed by atoms with Crippen LogP contribution < -0.4 is 5.32 Å². The minimum atomic E-state index is -4.36. The first kappa shape index (κ1) is 15.7. The van der Waals surface area contributed by atoms with Crippen molar-refractivity contribution in [1.82, 2.24) is 19.7 Å². The molecule has 0 amide bonds. The van der Waals surface area contributed by atoms with Crippen molar-refractivity contribution in [2.24, 2.45) is 0 Å². The van der Waals surface area contributed by atoms with Crippen molar-refractivity contribution in [1.29, 1.82) is 0 Å². The van der Waals surface area contributed by atoms with E-state index in [0.717, 1.165) is 18.0 Å². The predicted molar refractivity (Wildman–Crippen MR) is 82.4 cm³/mol. The Morgan fingerprint density at radius 1 is 1.30 bits per heavy atom. The standard InChI is InChI=1S/C14H14F3N5S/c1-8(2)22-7-19-21-12(22)6-18-13-20-10-5-9(14(15,16)17)3-4-11(10)23-13/h3-5,7-8H,6H2,1-2H3,(H,18,20). The Kier molecular flexibility index (Phi) is 3.97. The van der Waals surface area contributed by atoms with Crippen LogP contribution in [0.4, 0.5) is 18.3 Å². The molecule has 5 nitrogen and oxygen atoms in total. The highest BCUT2D eigenvalue weighted by Crippen LogP contribution is 2.34. The Hall–Kier alpha value is -2.16. The first-order valence-corrected chi connectivity index (χ1v) is 7.76. The summed E-state index contributed by atoms with van der Waals surface area (Å²) in [6.45, 7) is 4.44. The summed E-state index contributed by atoms with van der Waals surface area (Å²) in [5.41, 5.74) is -0.362. The number of halogens is 3. The van der Waals surface area contributed by atoms with Gasteiger partial charge in [-0.05, 0) is 32.0 Å². The third-order valence-corrected chi connectivity index (χ3v) is 4.31. The van der Waals surface area contributed by atoms with Crippen molar-refractivity contribution < 1.29 is 13.2 Å². The molecule has 0 unspecified atom stereocenters. The van der Waals surface area contributed by atoms with Crippen LogP contribution in [0.15, 0.2) is 24.5 Å². The van der Waals surface area contributed by atoms with Crippen molar-refractivity contribution in [2.45, 2.75) is 32.6 Å². The molecule has 0 spiro atoms. The second kappa shape index (κ2) is 5.80. The van der Waals surface area contributed by atoms with E-state index >= 15 is 0 Å². The van der Waals surface area contributed by atoms with Crippen LogP contribution in [0, 0.1) is 0 Å². The fourth-order valence-electron chi connectivity index (χ4n) is 2.16. The second-order valence-electron chi connectivity index (χ2n) is 5.30. The number of nitrogens with one attached hydrogen (secondary N) is 1. The maximum atomic E-state index is 12.7. The zero-order chi connectivity index (χ0) is 16.6. The Balaban J connectivity index is 1.80. The molecule has 0 saturated carbocycles. The Bertz CT molecular complexity index is 821. The minimum absolute atomic E-state index is 0.228. The summed E-state index contributed by atoms with van der Waals surface area (Å²) < 4.78 is 40.8. The molecule has 0 atom stereocenters. The van der Waals surface area contributed by atoms with E-state index in [9.17, 15) is 13.2 Å². The molecule has 1 aromatic carbocycles. The quantitative estimate of drug-likeness (QED) is 0.776. The summed E-state index contributed by atoms with van der Waals surface area (Å²) in [6.07, 6.45) is -2.71. The van der Waals surface area contributed by atoms with Crippen molar-refractivity contribution in [2.75, 3.05) is 5.32 Å². The second-order valence-corrected chi connectivity index (χ2v) is 6.33. The fourth-order valence-corrected chi connectivity index (χ4v) is 3.00. The highest BCUT2D eigenvalue weighted by molar-refractivity contribution is 7.22. The van der Waals surface area contributed by atoms with Crippen LogP contribution in [0.3, 0.4) is 0 Å². The lowest BCUT2D eigenvalue weighted by molar-refractivity contribution is -0.137. The molecule has 0 aliphatic rings. The van der Waals surface area contributed by atoms with Gasteiger partial charge < -0.3 is 9.88 Å². The number of aromatic nitrogens is 4. The molecule has 23 heavy (non-hydrogen) atoms. The number of anilines is 1. The lowest BCUT2D eigenvalue weighted by atomic mass is 10.2. The van der Waals surface area contributed by atoms with Gasteiger partial charge in [-0.1, -0.05) is 11.3 Å². The maximum Gasteiger partial charge on any atom is 0.416 e. The van der Waals surface area contributed by atoms with Crippen LogP contribution in [0.5, 0.6) is 0 Å². The number of alkyl halides is 3. The SMILES string of the molecule is CC(C)n1cnnc1CNc1nc2cc(C(F)(F)F)ccc2s1. The smallest absolute Gasteiger partial charge is 0.354 e. The van der Waals surface area contributed by atoms with Crippen molar-refractivity contribution in [3.8, 4) is 0 Å². The number of hydrogen-bond acceptors (Lipinski definition) is 5. The predicted octanol–water partition coefficient (Wildman–Crippen LogP) is 4.10. The van der Waals surface area contributed by atoms with Gasteiger partial charge in [0.25, 0.3) is 0 Å². The molecule has 9 heteroatoms. The summed E-state index contributed by atoms with van der Waals surface area (Å²) in [4.78, 5) is 4.21. The number of fused-ring (bicyclic) bond motifs is 1. The minimum Gasteiger partial charge on any atom is -0.354 e. The van der Waals surface area contributed by atoms with Gasteiger partial charge in [0.1, 0.15) is 6.33 Å². The summed E-state index contributed by atoms with van der Waals surface area (Å²) in [5, 5.41) is 11.5. The molecule has 2 heterocycles. The largest absolute Gasteiger partial charge is 0.416 e. The van der Waals surface area contributed by atoms with Gasteiger partial charge in [0.15, 0.2) is 11.0 Å². The maximum absolute atomic E-state index is 12.7. The lowest BCUT2D eigenvalue weighted by Gasteiger charge is -2.09. The van der Waals surface area contributed by atoms with Crippen molar-refractivity contribution in [3.63, 3.8) is 0 Å². The first-order valence-electron chi connectivity index (χ1n) is 6.94. The van der Waals surface area contributed by atoms with Crippen LogP contribution in [0.1, 0.15) is 31.3 Å². The number of benzene rings is 1. The van der Waals surface area contributed by atoms with Gasteiger partial charge >= 0.3 is 6.18 Å². The van der Waals surface area contributed by atoms with Crippen LogP contribution in [0.2, 0.25) is 0 Å². The highest BCUT2D eigenvalue weighted by Gasteiger charge is 2.30. The molecule has 122 valence electrons. The van der Waals surface area contributed by atoms with Crippen molar-refractivity contribution >= 4 is 26.7 Å². The molecule has 0 bridgehead atoms. The van der Waals surface area contributed by atoms with E-state index in [4.69, 9.17) is 0 Å². The molecular formula is C14H14F3N5S. The fraction of sp³-hybridized carbons (Fsp3) is 0.357. The van der Waals surface area contributed by atoms with Gasteiger partial charge in [-0.25, -0.2) is 4.98 Å². The number of rotatable bonds is 4. The summed E-state index contributed by atoms with van der Waals surface area (Å²) in [7, 11) is 0. The zero-order valence-electron chi connectivity index (χ0n) is 12.4. The number of thiazole rings is 1. The van der Waals surface area contributed by atoms with Crippen LogP contribution >= 0.6 is 11.3 Å². The molecule has 1 N–H and O–H groups in total. The van der Waals surface area contributed by atoms with Gasteiger partial charge in [-0.3, -0.25) is 0 Å². The van der Waals surface area contributed by atoms with Gasteiger partial charge in [-0.15, -0.1) is 10.2 Å². The van der Waals surface area contributed by atoms with E-state index in [1.165, 1.54) is 17.4 Å². The summed E-state index contributed by atoms with van der Waals surface area (Å²) in [5.74, 6) is 0.746. The lowest BCUT2D eigenvalue weighted by Crippen LogP contribution is -2.09. The monoisotopic (exact) mass is 341 g/mol. The van der Waals surface area contributed by atoms with E-state index in [2.05, 4.69) is 20.5 Å². The summed E-state index contributed by atoms with van der Waals surface area (Å²) in [6, 6.07) is 3.80. The van der Waals surface area contributed by atoms with E-state index in [1.54, 1.807) is 6.33 Å². The number of hydrogen-bond donors (Lipinski definition) is 1. The first-order chi connectivity index (χ1) is 10.8. The van der Waals surface area contributed by atoms with Crippen LogP contribution in [-0.4, -0.2) is 19.7 Å². The van der Waals surface area contributed by atoms with E-state index in [1.807, 2.05) is 18.4 Å². The zero-order valence-corrected chi connectivity index (χ0v) is 13.2. The molecule has 0 radical (unpaired) electrons. The number of nitrogens with zero attached hydrogens (tertiary/aromatic N) is 4. The highest BCUT2D eigenvalue weighted by atomic mass is 32.1. The normalized spacial score (nSPS) is 12.3. The molecule has 0 saturated heterocycles. The molecule has 0 aliphatic carbocycles. The third-order valence-electron chi connectivity index (χ3n) is 3.32. The Morgan fingerprint density at radius 2 is 2.09 bits per heavy atom. The molecule has 3 aromatic rings. The molecule has 0 aliphatic heterocycles. The Labute approximate surface area is 134 Å². The van der Waals surface area contributed by atoms with Crippen molar-refractivity contribution in [3.05, 3.63) is 35.9 Å². The van der Waals surface area contributed by atoms with Crippen LogP contribution in [-0.2, 0) is 12.7 Å². The Morgan fingerprint density at radius 3 is 2.78 bits per heavy atom. The van der Waals surface area contributed by atoms with E-state index in [-0.39, 0.29) is 6.04 Å². The average Bonchev–Trinajstić information content (AvgIpc) is 3.09. The average molecular weight is 341 g/mol. The molecule has 0 fully saturated rings. The van der Waals surface area contributed by atoms with Gasteiger partial charge in [-0.2, -0.15) is 13.2 Å². The molecule has 3 rings (SSSR count).